The molecule has 0 aliphatic rings. The summed E-state index contributed by atoms with van der Waals surface area (Å²) in [6.45, 7) is 7.83. The molecule has 0 aliphatic carbocycles. The minimum Gasteiger partial charge on any atom is -0.393 e. The summed E-state index contributed by atoms with van der Waals surface area (Å²) in [5.41, 5.74) is 3.44. The molecule has 4 nitrogen and oxygen atoms in total. The van der Waals surface area contributed by atoms with Gasteiger partial charge in [-0.25, -0.2) is 0 Å². The van der Waals surface area contributed by atoms with E-state index in [1.807, 2.05) is 36.9 Å². The van der Waals surface area contributed by atoms with Crippen LogP contribution in [0.5, 0.6) is 0 Å². The summed E-state index contributed by atoms with van der Waals surface area (Å²) in [4.78, 5) is 0. The van der Waals surface area contributed by atoms with E-state index in [0.717, 1.165) is 30.8 Å². The normalized spacial score (nSPS) is 13.3. The van der Waals surface area contributed by atoms with Gasteiger partial charge in [-0.2, -0.15) is 5.10 Å². The molecule has 1 atom stereocenters. The van der Waals surface area contributed by atoms with Crippen molar-refractivity contribution in [1.29, 1.82) is 0 Å². The topological polar surface area (TPSA) is 50.1 Å². The van der Waals surface area contributed by atoms with Crippen LogP contribution < -0.4 is 5.32 Å². The average molecular weight is 301 g/mol. The van der Waals surface area contributed by atoms with Crippen molar-refractivity contribution in [3.8, 4) is 11.3 Å². The monoisotopic (exact) mass is 301 g/mol. The third kappa shape index (κ3) is 4.68. The quantitative estimate of drug-likeness (QED) is 0.826. The lowest BCUT2D eigenvalue weighted by Gasteiger charge is -2.26. The van der Waals surface area contributed by atoms with E-state index in [2.05, 4.69) is 42.6 Å². The van der Waals surface area contributed by atoms with Crippen molar-refractivity contribution in [2.75, 3.05) is 6.54 Å². The molecule has 22 heavy (non-hydrogen) atoms. The molecule has 1 unspecified atom stereocenters. The highest BCUT2D eigenvalue weighted by molar-refractivity contribution is 5.62. The molecule has 0 bridgehead atoms. The number of aryl methyl sites for hydroxylation is 1. The van der Waals surface area contributed by atoms with E-state index in [1.165, 1.54) is 5.56 Å². The number of hydrogen-bond acceptors (Lipinski definition) is 3. The molecule has 120 valence electrons. The SMILES string of the molecule is CC(O)CC(C)(C)CNCc1cn(C)nc1-c1ccccc1. The molecule has 0 saturated heterocycles. The van der Waals surface area contributed by atoms with Crippen LogP contribution in [-0.2, 0) is 13.6 Å². The van der Waals surface area contributed by atoms with Crippen LogP contribution in [0.25, 0.3) is 11.3 Å². The highest BCUT2D eigenvalue weighted by Gasteiger charge is 2.20. The fraction of sp³-hybridized carbons (Fsp3) is 0.500. The minimum absolute atomic E-state index is 0.0727. The standard InChI is InChI=1S/C18H27N3O/c1-14(22)10-18(2,3)13-19-11-16-12-21(4)20-17(16)15-8-6-5-7-9-15/h5-9,12,14,19,22H,10-11,13H2,1-4H3. The zero-order chi connectivity index (χ0) is 16.2. The molecule has 0 saturated carbocycles. The van der Waals surface area contributed by atoms with Gasteiger partial charge in [-0.05, 0) is 18.8 Å². The average Bonchev–Trinajstić information content (AvgIpc) is 2.79. The number of aliphatic hydroxyl groups is 1. The van der Waals surface area contributed by atoms with Crippen LogP contribution >= 0.6 is 0 Å². The van der Waals surface area contributed by atoms with E-state index >= 15 is 0 Å². The lowest BCUT2D eigenvalue weighted by molar-refractivity contribution is 0.128. The maximum Gasteiger partial charge on any atom is 0.0967 e. The second-order valence-corrected chi connectivity index (χ2v) is 6.86. The van der Waals surface area contributed by atoms with Crippen LogP contribution in [0.1, 0.15) is 32.8 Å². The van der Waals surface area contributed by atoms with Gasteiger partial charge in [0, 0.05) is 37.5 Å². The van der Waals surface area contributed by atoms with Crippen molar-refractivity contribution in [3.63, 3.8) is 0 Å². The summed E-state index contributed by atoms with van der Waals surface area (Å²) in [5.74, 6) is 0. The van der Waals surface area contributed by atoms with Gasteiger partial charge in [0.15, 0.2) is 0 Å². The highest BCUT2D eigenvalue weighted by atomic mass is 16.3. The number of aliphatic hydroxyl groups excluding tert-OH is 1. The summed E-state index contributed by atoms with van der Waals surface area (Å²) in [7, 11) is 1.95. The van der Waals surface area contributed by atoms with Gasteiger partial charge in [0.25, 0.3) is 0 Å². The van der Waals surface area contributed by atoms with Crippen LogP contribution in [0, 0.1) is 5.41 Å². The van der Waals surface area contributed by atoms with E-state index in [4.69, 9.17) is 0 Å². The Morgan fingerprint density at radius 3 is 2.59 bits per heavy atom. The van der Waals surface area contributed by atoms with Crippen molar-refractivity contribution in [1.82, 2.24) is 15.1 Å². The third-order valence-electron chi connectivity index (χ3n) is 3.72. The van der Waals surface area contributed by atoms with Gasteiger partial charge in [0.1, 0.15) is 0 Å². The van der Waals surface area contributed by atoms with Crippen molar-refractivity contribution in [3.05, 3.63) is 42.1 Å². The Labute approximate surface area is 133 Å². The summed E-state index contributed by atoms with van der Waals surface area (Å²) in [5, 5.41) is 17.6. The van der Waals surface area contributed by atoms with Crippen molar-refractivity contribution < 1.29 is 5.11 Å². The Morgan fingerprint density at radius 2 is 1.95 bits per heavy atom. The van der Waals surface area contributed by atoms with Crippen molar-refractivity contribution >= 4 is 0 Å². The second kappa shape index (κ2) is 7.07. The van der Waals surface area contributed by atoms with Gasteiger partial charge >= 0.3 is 0 Å². The van der Waals surface area contributed by atoms with Crippen LogP contribution in [-0.4, -0.2) is 27.5 Å². The molecule has 0 fully saturated rings. The predicted molar refractivity (Wildman–Crippen MR) is 90.4 cm³/mol. The zero-order valence-electron chi connectivity index (χ0n) is 14.0. The Bertz CT molecular complexity index is 588. The first-order valence-electron chi connectivity index (χ1n) is 7.84. The molecule has 2 aromatic rings. The molecule has 0 spiro atoms. The van der Waals surface area contributed by atoms with E-state index in [1.54, 1.807) is 0 Å². The summed E-state index contributed by atoms with van der Waals surface area (Å²) in [6.07, 6.45) is 2.59. The second-order valence-electron chi connectivity index (χ2n) is 6.86. The molecule has 4 heteroatoms. The van der Waals surface area contributed by atoms with Gasteiger partial charge < -0.3 is 10.4 Å². The maximum absolute atomic E-state index is 9.56. The lowest BCUT2D eigenvalue weighted by atomic mass is 9.87. The van der Waals surface area contributed by atoms with Crippen LogP contribution in [0.2, 0.25) is 0 Å². The smallest absolute Gasteiger partial charge is 0.0967 e. The molecule has 0 radical (unpaired) electrons. The van der Waals surface area contributed by atoms with Crippen molar-refractivity contribution in [2.24, 2.45) is 12.5 Å². The van der Waals surface area contributed by atoms with Crippen molar-refractivity contribution in [2.45, 2.75) is 39.8 Å². The Balaban J connectivity index is 2.02. The van der Waals surface area contributed by atoms with Gasteiger partial charge in [-0.1, -0.05) is 44.2 Å². The number of aromatic nitrogens is 2. The first-order chi connectivity index (χ1) is 10.4. The first kappa shape index (κ1) is 16.7. The number of nitrogens with one attached hydrogen (secondary N) is 1. The molecule has 0 aliphatic heterocycles. The minimum atomic E-state index is -0.268. The number of nitrogens with zero attached hydrogens (tertiary/aromatic N) is 2. The zero-order valence-corrected chi connectivity index (χ0v) is 14.0. The van der Waals surface area contributed by atoms with E-state index < -0.39 is 0 Å². The first-order valence-corrected chi connectivity index (χ1v) is 7.84. The maximum atomic E-state index is 9.56. The summed E-state index contributed by atoms with van der Waals surface area (Å²) >= 11 is 0. The molecule has 2 rings (SSSR count). The van der Waals surface area contributed by atoms with E-state index in [9.17, 15) is 5.11 Å². The van der Waals surface area contributed by atoms with Gasteiger partial charge in [0.05, 0.1) is 11.8 Å². The molecule has 1 aromatic heterocycles. The van der Waals surface area contributed by atoms with Crippen LogP contribution in [0.4, 0.5) is 0 Å². The Hall–Kier alpha value is -1.65. The number of hydrogen-bond donors (Lipinski definition) is 2. The van der Waals surface area contributed by atoms with Gasteiger partial charge in [-0.3, -0.25) is 4.68 Å². The fourth-order valence-electron chi connectivity index (χ4n) is 2.91. The molecule has 0 amide bonds. The summed E-state index contributed by atoms with van der Waals surface area (Å²) in [6, 6.07) is 10.3. The van der Waals surface area contributed by atoms with E-state index in [-0.39, 0.29) is 11.5 Å². The third-order valence-corrected chi connectivity index (χ3v) is 3.72. The molecule has 1 aromatic carbocycles. The Morgan fingerprint density at radius 1 is 1.27 bits per heavy atom. The lowest BCUT2D eigenvalue weighted by Crippen LogP contribution is -2.31. The molecular formula is C18H27N3O. The van der Waals surface area contributed by atoms with Gasteiger partial charge in [-0.15, -0.1) is 0 Å². The highest BCUT2D eigenvalue weighted by Crippen LogP contribution is 2.23. The summed E-state index contributed by atoms with van der Waals surface area (Å²) < 4.78 is 1.86. The fourth-order valence-corrected chi connectivity index (χ4v) is 2.91. The van der Waals surface area contributed by atoms with Crippen LogP contribution in [0.3, 0.4) is 0 Å². The molecular weight excluding hydrogens is 274 g/mol. The largest absolute Gasteiger partial charge is 0.393 e. The van der Waals surface area contributed by atoms with Crippen LogP contribution in [0.15, 0.2) is 36.5 Å². The number of rotatable bonds is 7. The van der Waals surface area contributed by atoms with Gasteiger partial charge in [0.2, 0.25) is 0 Å². The molecule has 2 N–H and O–H groups in total. The molecule has 1 heterocycles. The van der Waals surface area contributed by atoms with E-state index in [0.29, 0.717) is 0 Å². The Kier molecular flexibility index (Phi) is 5.37. The predicted octanol–water partition coefficient (Wildman–Crippen LogP) is 2.97. The number of benzene rings is 1.